The van der Waals surface area contributed by atoms with Gasteiger partial charge in [0.2, 0.25) is 0 Å². The minimum absolute atomic E-state index is 0.847. The molecule has 0 aromatic carbocycles. The summed E-state index contributed by atoms with van der Waals surface area (Å²) in [5.41, 5.74) is 5.94. The van der Waals surface area contributed by atoms with Crippen LogP contribution in [0.15, 0.2) is 0 Å². The summed E-state index contributed by atoms with van der Waals surface area (Å²) in [6, 6.07) is 0. The van der Waals surface area contributed by atoms with Crippen LogP contribution >= 0.6 is 11.8 Å². The van der Waals surface area contributed by atoms with Crippen molar-refractivity contribution >= 4 is 11.8 Å². The predicted molar refractivity (Wildman–Crippen MR) is 67.0 cm³/mol. The van der Waals surface area contributed by atoms with Crippen molar-refractivity contribution in [3.05, 3.63) is 0 Å². The van der Waals surface area contributed by atoms with Gasteiger partial charge in [0.05, 0.1) is 0 Å². The van der Waals surface area contributed by atoms with Gasteiger partial charge in [-0.2, -0.15) is 11.8 Å². The Bertz CT molecular complexity index is 231. The van der Waals surface area contributed by atoms with Crippen LogP contribution in [0.4, 0.5) is 0 Å². The van der Waals surface area contributed by atoms with E-state index < -0.39 is 0 Å². The number of nitrogens with two attached hydrogens (primary N) is 1. The third kappa shape index (κ3) is 1.74. The lowest BCUT2D eigenvalue weighted by atomic mass is 9.70. The molecule has 2 N–H and O–H groups in total. The Morgan fingerprint density at radius 3 is 2.60 bits per heavy atom. The van der Waals surface area contributed by atoms with E-state index in [0.717, 1.165) is 34.8 Å². The van der Waals surface area contributed by atoms with Crippen molar-refractivity contribution in [3.8, 4) is 0 Å². The first-order chi connectivity index (χ1) is 7.40. The molecule has 5 atom stereocenters. The number of fused-ring (bicyclic) bond motifs is 3. The highest BCUT2D eigenvalue weighted by Crippen LogP contribution is 2.55. The predicted octanol–water partition coefficient (Wildman–Crippen LogP) is 3.04. The fourth-order valence-corrected chi connectivity index (χ4v) is 6.46. The van der Waals surface area contributed by atoms with Gasteiger partial charge in [-0.3, -0.25) is 0 Å². The number of rotatable bonds is 1. The van der Waals surface area contributed by atoms with Crippen LogP contribution in [-0.2, 0) is 0 Å². The maximum atomic E-state index is 5.94. The van der Waals surface area contributed by atoms with Gasteiger partial charge < -0.3 is 5.73 Å². The summed E-state index contributed by atoms with van der Waals surface area (Å²) >= 11 is 2.33. The van der Waals surface area contributed by atoms with Crippen LogP contribution in [0.1, 0.15) is 44.9 Å². The van der Waals surface area contributed by atoms with E-state index in [-0.39, 0.29) is 0 Å². The zero-order valence-electron chi connectivity index (χ0n) is 9.53. The minimum atomic E-state index is 0.847. The lowest BCUT2D eigenvalue weighted by Crippen LogP contribution is -2.35. The van der Waals surface area contributed by atoms with Crippen molar-refractivity contribution in [2.24, 2.45) is 23.5 Å². The molecule has 1 saturated heterocycles. The van der Waals surface area contributed by atoms with Gasteiger partial charge in [0.25, 0.3) is 0 Å². The maximum Gasteiger partial charge on any atom is 0.0121 e. The van der Waals surface area contributed by atoms with E-state index in [0.29, 0.717) is 0 Å². The van der Waals surface area contributed by atoms with Gasteiger partial charge in [-0.05, 0) is 50.0 Å². The van der Waals surface area contributed by atoms with Gasteiger partial charge in [0.15, 0.2) is 0 Å². The molecular weight excluding hydrogens is 202 g/mol. The molecule has 1 aliphatic heterocycles. The SMILES string of the molecule is NCC1CCCC2C3CCCCC3SC12. The summed E-state index contributed by atoms with van der Waals surface area (Å²) in [5.74, 6) is 2.96. The summed E-state index contributed by atoms with van der Waals surface area (Å²) < 4.78 is 0. The zero-order chi connectivity index (χ0) is 10.3. The van der Waals surface area contributed by atoms with Crippen LogP contribution in [0.25, 0.3) is 0 Å². The van der Waals surface area contributed by atoms with E-state index in [4.69, 9.17) is 5.73 Å². The third-order valence-corrected chi connectivity index (χ3v) is 6.92. The summed E-state index contributed by atoms with van der Waals surface area (Å²) in [4.78, 5) is 0. The van der Waals surface area contributed by atoms with Gasteiger partial charge in [-0.1, -0.05) is 19.3 Å². The molecule has 1 heterocycles. The van der Waals surface area contributed by atoms with Crippen molar-refractivity contribution < 1.29 is 0 Å². The lowest BCUT2D eigenvalue weighted by molar-refractivity contribution is 0.197. The molecule has 2 heteroatoms. The average molecular weight is 225 g/mol. The molecule has 0 aromatic rings. The fraction of sp³-hybridized carbons (Fsp3) is 1.00. The Morgan fingerprint density at radius 2 is 1.73 bits per heavy atom. The van der Waals surface area contributed by atoms with Crippen LogP contribution in [-0.4, -0.2) is 17.0 Å². The third-order valence-electron chi connectivity index (χ3n) is 4.94. The Hall–Kier alpha value is 0.310. The zero-order valence-corrected chi connectivity index (χ0v) is 10.3. The van der Waals surface area contributed by atoms with Crippen molar-refractivity contribution in [2.45, 2.75) is 55.4 Å². The summed E-state index contributed by atoms with van der Waals surface area (Å²) in [6.45, 7) is 0.938. The second kappa shape index (κ2) is 4.29. The second-order valence-corrected chi connectivity index (χ2v) is 7.10. The van der Waals surface area contributed by atoms with Crippen LogP contribution in [0.5, 0.6) is 0 Å². The van der Waals surface area contributed by atoms with E-state index in [9.17, 15) is 0 Å². The Labute approximate surface area is 97.6 Å². The summed E-state index contributed by atoms with van der Waals surface area (Å²) in [7, 11) is 0. The first-order valence-electron chi connectivity index (χ1n) is 6.75. The van der Waals surface area contributed by atoms with E-state index in [2.05, 4.69) is 11.8 Å². The van der Waals surface area contributed by atoms with Crippen LogP contribution < -0.4 is 5.73 Å². The summed E-state index contributed by atoms with van der Waals surface area (Å²) in [5, 5.41) is 1.96. The van der Waals surface area contributed by atoms with Crippen LogP contribution in [0.3, 0.4) is 0 Å². The lowest BCUT2D eigenvalue weighted by Gasteiger charge is -2.35. The minimum Gasteiger partial charge on any atom is -0.330 e. The highest BCUT2D eigenvalue weighted by molar-refractivity contribution is 8.00. The van der Waals surface area contributed by atoms with Crippen molar-refractivity contribution in [1.82, 2.24) is 0 Å². The number of thioether (sulfide) groups is 1. The van der Waals surface area contributed by atoms with Gasteiger partial charge in [0.1, 0.15) is 0 Å². The molecule has 3 rings (SSSR count). The Kier molecular flexibility index (Phi) is 2.99. The molecule has 2 saturated carbocycles. The smallest absolute Gasteiger partial charge is 0.0121 e. The van der Waals surface area contributed by atoms with Crippen molar-refractivity contribution in [3.63, 3.8) is 0 Å². The molecule has 2 aliphatic carbocycles. The molecule has 1 nitrogen and oxygen atoms in total. The largest absolute Gasteiger partial charge is 0.330 e. The van der Waals surface area contributed by atoms with Crippen LogP contribution in [0, 0.1) is 17.8 Å². The Morgan fingerprint density at radius 1 is 0.933 bits per heavy atom. The quantitative estimate of drug-likeness (QED) is 0.742. The molecule has 15 heavy (non-hydrogen) atoms. The van der Waals surface area contributed by atoms with Gasteiger partial charge in [-0.25, -0.2) is 0 Å². The van der Waals surface area contributed by atoms with Gasteiger partial charge >= 0.3 is 0 Å². The Balaban J connectivity index is 1.77. The van der Waals surface area contributed by atoms with Gasteiger partial charge in [0, 0.05) is 10.5 Å². The molecular formula is C13H23NS. The first-order valence-corrected chi connectivity index (χ1v) is 7.70. The molecule has 0 aromatic heterocycles. The topological polar surface area (TPSA) is 26.0 Å². The average Bonchev–Trinajstić information content (AvgIpc) is 2.67. The monoisotopic (exact) mass is 225 g/mol. The highest BCUT2D eigenvalue weighted by atomic mass is 32.2. The van der Waals surface area contributed by atoms with Gasteiger partial charge in [-0.15, -0.1) is 0 Å². The normalized spacial score (nSPS) is 49.8. The molecule has 5 unspecified atom stereocenters. The number of hydrogen-bond donors (Lipinski definition) is 1. The molecule has 3 aliphatic rings. The van der Waals surface area contributed by atoms with E-state index in [1.165, 1.54) is 44.9 Å². The van der Waals surface area contributed by atoms with E-state index >= 15 is 0 Å². The van der Waals surface area contributed by atoms with E-state index in [1.807, 2.05) is 0 Å². The van der Waals surface area contributed by atoms with Crippen LogP contribution in [0.2, 0.25) is 0 Å². The number of hydrogen-bond acceptors (Lipinski definition) is 2. The molecule has 0 bridgehead atoms. The maximum absolute atomic E-state index is 5.94. The molecule has 86 valence electrons. The standard InChI is InChI=1S/C13H23NS/c14-8-9-4-3-6-11-10-5-1-2-7-12(10)15-13(9)11/h9-13H,1-8,14H2. The molecule has 0 radical (unpaired) electrons. The molecule has 0 amide bonds. The molecule has 3 fully saturated rings. The fourth-order valence-electron chi connectivity index (χ4n) is 4.20. The second-order valence-electron chi connectivity index (χ2n) is 5.68. The molecule has 0 spiro atoms. The highest BCUT2D eigenvalue weighted by Gasteiger charge is 2.48. The van der Waals surface area contributed by atoms with Crippen molar-refractivity contribution in [2.75, 3.05) is 6.54 Å². The summed E-state index contributed by atoms with van der Waals surface area (Å²) in [6.07, 6.45) is 10.4. The first kappa shape index (κ1) is 10.5. The van der Waals surface area contributed by atoms with E-state index in [1.54, 1.807) is 0 Å². The van der Waals surface area contributed by atoms with Crippen molar-refractivity contribution in [1.29, 1.82) is 0 Å².